The van der Waals surface area contributed by atoms with Crippen LogP contribution in [0.3, 0.4) is 0 Å². The zero-order valence-electron chi connectivity index (χ0n) is 16.9. The van der Waals surface area contributed by atoms with Crippen LogP contribution in [0.25, 0.3) is 0 Å². The van der Waals surface area contributed by atoms with Crippen LogP contribution in [0.5, 0.6) is 0 Å². The van der Waals surface area contributed by atoms with Gasteiger partial charge >= 0.3 is 6.03 Å². The van der Waals surface area contributed by atoms with E-state index in [1.165, 1.54) is 0 Å². The fourth-order valence-electron chi connectivity index (χ4n) is 2.99. The van der Waals surface area contributed by atoms with Gasteiger partial charge in [-0.1, -0.05) is 24.3 Å². The molecule has 1 aliphatic heterocycles. The number of nitrogens with one attached hydrogen (secondary N) is 1. The molecule has 0 aromatic heterocycles. The number of amides is 2. The smallest absolute Gasteiger partial charge is 0.321 e. The summed E-state index contributed by atoms with van der Waals surface area (Å²) in [5.41, 5.74) is 1.61. The largest absolute Gasteiger partial charge is 0.396 e. The number of carbonyl (C=O) groups excluding carboxylic acids is 1. The monoisotopic (exact) mass is 392 g/mol. The number of nitrogens with zero attached hydrogens (tertiary/aromatic N) is 1. The average molecular weight is 392 g/mol. The molecule has 7 heteroatoms. The lowest BCUT2D eigenvalue weighted by molar-refractivity contribution is -0.0589. The van der Waals surface area contributed by atoms with E-state index in [1.54, 1.807) is 19.1 Å². The zero-order chi connectivity index (χ0) is 20.2. The van der Waals surface area contributed by atoms with Crippen LogP contribution >= 0.6 is 0 Å². The zero-order valence-corrected chi connectivity index (χ0v) is 16.9. The Balaban J connectivity index is 1.75. The molecule has 2 N–H and O–H groups in total. The molecule has 1 saturated heterocycles. The van der Waals surface area contributed by atoms with Gasteiger partial charge in [-0.2, -0.15) is 0 Å². The van der Waals surface area contributed by atoms with Crippen LogP contribution in [0.4, 0.5) is 10.5 Å². The minimum absolute atomic E-state index is 0.0642. The lowest BCUT2D eigenvalue weighted by Crippen LogP contribution is -2.37. The fourth-order valence-corrected chi connectivity index (χ4v) is 2.99. The van der Waals surface area contributed by atoms with Crippen LogP contribution in [0.2, 0.25) is 0 Å². The summed E-state index contributed by atoms with van der Waals surface area (Å²) >= 11 is 0. The summed E-state index contributed by atoms with van der Waals surface area (Å²) in [6, 6.07) is 7.49. The molecular formula is C21H32N2O5. The number of carbonyl (C=O) groups is 1. The lowest BCUT2D eigenvalue weighted by Gasteiger charge is -2.33. The number of anilines is 1. The fraction of sp³-hybridized carbons (Fsp3) is 0.571. The first-order valence-electron chi connectivity index (χ1n) is 9.70. The van der Waals surface area contributed by atoms with Crippen molar-refractivity contribution in [3.8, 4) is 0 Å². The molecule has 28 heavy (non-hydrogen) atoms. The van der Waals surface area contributed by atoms with Crippen molar-refractivity contribution in [1.82, 2.24) is 5.32 Å². The van der Waals surface area contributed by atoms with E-state index >= 15 is 0 Å². The number of hydrogen-bond acceptors (Lipinski definition) is 5. The van der Waals surface area contributed by atoms with Crippen LogP contribution in [-0.4, -0.2) is 63.9 Å². The first kappa shape index (κ1) is 22.4. The normalized spacial score (nSPS) is 16.2. The molecule has 0 aliphatic carbocycles. The molecule has 2 rings (SSSR count). The highest BCUT2D eigenvalue weighted by molar-refractivity contribution is 5.91. The van der Waals surface area contributed by atoms with Crippen LogP contribution < -0.4 is 10.2 Å². The van der Waals surface area contributed by atoms with Crippen molar-refractivity contribution in [3.63, 3.8) is 0 Å². The molecule has 0 saturated carbocycles. The number of urea groups is 1. The highest BCUT2D eigenvalue weighted by Gasteiger charge is 2.29. The number of hydrogen-bond donors (Lipinski definition) is 2. The SMILES string of the molecule is COC1(C=CCOCc2ccc(N(C)C(=O)NCCCO)cc2)CCOCC1. The Morgan fingerprint density at radius 1 is 1.32 bits per heavy atom. The van der Waals surface area contributed by atoms with Crippen LogP contribution in [0.15, 0.2) is 36.4 Å². The number of rotatable bonds is 10. The summed E-state index contributed by atoms with van der Waals surface area (Å²) < 4.78 is 16.8. The summed E-state index contributed by atoms with van der Waals surface area (Å²) in [6.45, 7) is 2.98. The number of methoxy groups -OCH3 is 1. The van der Waals surface area contributed by atoms with Crippen molar-refractivity contribution in [2.75, 3.05) is 52.0 Å². The second-order valence-electron chi connectivity index (χ2n) is 6.83. The van der Waals surface area contributed by atoms with Crippen LogP contribution in [0, 0.1) is 0 Å². The van der Waals surface area contributed by atoms with E-state index in [2.05, 4.69) is 11.4 Å². The average Bonchev–Trinajstić information content (AvgIpc) is 2.74. The van der Waals surface area contributed by atoms with E-state index in [1.807, 2.05) is 30.3 Å². The molecule has 0 bridgehead atoms. The Bertz CT molecular complexity index is 612. The van der Waals surface area contributed by atoms with Crippen molar-refractivity contribution in [2.24, 2.45) is 0 Å². The summed E-state index contributed by atoms with van der Waals surface area (Å²) in [7, 11) is 3.45. The Kier molecular flexibility index (Phi) is 9.43. The maximum atomic E-state index is 12.0. The Labute approximate surface area is 167 Å². The lowest BCUT2D eigenvalue weighted by atomic mass is 9.93. The summed E-state index contributed by atoms with van der Waals surface area (Å²) in [4.78, 5) is 13.6. The molecule has 1 fully saturated rings. The van der Waals surface area contributed by atoms with Crippen LogP contribution in [0.1, 0.15) is 24.8 Å². The summed E-state index contributed by atoms with van der Waals surface area (Å²) in [5, 5.41) is 11.5. The van der Waals surface area contributed by atoms with Gasteiger partial charge in [-0.3, -0.25) is 4.90 Å². The predicted octanol–water partition coefficient (Wildman–Crippen LogP) is 2.48. The summed E-state index contributed by atoms with van der Waals surface area (Å²) in [6.07, 6.45) is 6.37. The maximum Gasteiger partial charge on any atom is 0.321 e. The van der Waals surface area contributed by atoms with E-state index < -0.39 is 0 Å². The van der Waals surface area contributed by atoms with Crippen molar-refractivity contribution in [1.29, 1.82) is 0 Å². The first-order valence-corrected chi connectivity index (χ1v) is 9.70. The van der Waals surface area contributed by atoms with E-state index in [0.29, 0.717) is 26.2 Å². The van der Waals surface area contributed by atoms with E-state index in [-0.39, 0.29) is 18.2 Å². The highest BCUT2D eigenvalue weighted by Crippen LogP contribution is 2.25. The molecule has 2 amide bonds. The first-order chi connectivity index (χ1) is 13.6. The molecule has 0 atom stereocenters. The Morgan fingerprint density at radius 3 is 2.68 bits per heavy atom. The number of aliphatic hydroxyl groups is 1. The molecule has 1 aromatic carbocycles. The minimum Gasteiger partial charge on any atom is -0.396 e. The predicted molar refractivity (Wildman–Crippen MR) is 109 cm³/mol. The van der Waals surface area contributed by atoms with Crippen molar-refractivity contribution >= 4 is 11.7 Å². The van der Waals surface area contributed by atoms with Gasteiger partial charge in [-0.25, -0.2) is 4.79 Å². The standard InChI is InChI=1S/C21H32N2O5/c1-23(20(25)22-12-4-13-24)19-7-5-18(6-8-19)17-28-14-3-9-21(26-2)10-15-27-16-11-21/h3,5-9,24H,4,10-17H2,1-2H3,(H,22,25). The summed E-state index contributed by atoms with van der Waals surface area (Å²) in [5.74, 6) is 0. The molecule has 0 spiro atoms. The van der Waals surface area contributed by atoms with Gasteiger partial charge < -0.3 is 24.6 Å². The van der Waals surface area contributed by atoms with E-state index in [4.69, 9.17) is 19.3 Å². The number of ether oxygens (including phenoxy) is 3. The molecule has 0 unspecified atom stereocenters. The van der Waals surface area contributed by atoms with Gasteiger partial charge in [0.15, 0.2) is 0 Å². The third kappa shape index (κ3) is 6.91. The molecule has 1 aliphatic rings. The van der Waals surface area contributed by atoms with E-state index in [0.717, 1.165) is 37.3 Å². The second kappa shape index (κ2) is 11.8. The second-order valence-corrected chi connectivity index (χ2v) is 6.83. The molecular weight excluding hydrogens is 360 g/mol. The maximum absolute atomic E-state index is 12.0. The van der Waals surface area contributed by atoms with Gasteiger partial charge in [0, 0.05) is 59.1 Å². The number of aliphatic hydroxyl groups excluding tert-OH is 1. The quantitative estimate of drug-likeness (QED) is 0.472. The third-order valence-electron chi connectivity index (χ3n) is 4.89. The molecule has 1 heterocycles. The van der Waals surface area contributed by atoms with E-state index in [9.17, 15) is 4.79 Å². The molecule has 156 valence electrons. The van der Waals surface area contributed by atoms with Crippen LogP contribution in [-0.2, 0) is 20.8 Å². The Hall–Kier alpha value is -1.93. The van der Waals surface area contributed by atoms with Gasteiger partial charge in [0.05, 0.1) is 18.8 Å². The third-order valence-corrected chi connectivity index (χ3v) is 4.89. The van der Waals surface area contributed by atoms with Gasteiger partial charge in [0.2, 0.25) is 0 Å². The van der Waals surface area contributed by atoms with Crippen molar-refractivity contribution in [3.05, 3.63) is 42.0 Å². The Morgan fingerprint density at radius 2 is 2.04 bits per heavy atom. The van der Waals surface area contributed by atoms with Crippen molar-refractivity contribution in [2.45, 2.75) is 31.5 Å². The van der Waals surface area contributed by atoms with Crippen molar-refractivity contribution < 1.29 is 24.1 Å². The van der Waals surface area contributed by atoms with Gasteiger partial charge in [-0.15, -0.1) is 0 Å². The number of benzene rings is 1. The molecule has 1 aromatic rings. The molecule has 7 nitrogen and oxygen atoms in total. The van der Waals surface area contributed by atoms with Gasteiger partial charge in [0.1, 0.15) is 0 Å². The topological polar surface area (TPSA) is 80.3 Å². The highest BCUT2D eigenvalue weighted by atomic mass is 16.5. The minimum atomic E-state index is -0.231. The molecule has 0 radical (unpaired) electrons. The van der Waals surface area contributed by atoms with Gasteiger partial charge in [-0.05, 0) is 24.1 Å². The van der Waals surface area contributed by atoms with Gasteiger partial charge in [0.25, 0.3) is 0 Å².